The Hall–Kier alpha value is -4.13. The summed E-state index contributed by atoms with van der Waals surface area (Å²) in [4.78, 5) is 37.5. The van der Waals surface area contributed by atoms with Crippen molar-refractivity contribution in [1.29, 1.82) is 0 Å². The summed E-state index contributed by atoms with van der Waals surface area (Å²) >= 11 is 0. The van der Waals surface area contributed by atoms with E-state index in [1.54, 1.807) is 48.5 Å². The van der Waals surface area contributed by atoms with Crippen molar-refractivity contribution in [2.45, 2.75) is 52.4 Å². The summed E-state index contributed by atoms with van der Waals surface area (Å²) in [5.41, 5.74) is 0.0889. The van der Waals surface area contributed by atoms with Crippen LogP contribution in [0.1, 0.15) is 73.1 Å². The number of hydrogen-bond donors (Lipinski definition) is 0. The SMILES string of the molecule is CCCCCCOc1ccc(C(=O)Oc2ccc(OC(=O)c3ccc(OCCCC)cc3)ccc2=O)cc1. The van der Waals surface area contributed by atoms with Crippen LogP contribution in [-0.4, -0.2) is 25.2 Å². The van der Waals surface area contributed by atoms with Crippen molar-refractivity contribution in [3.05, 3.63) is 94.1 Å². The van der Waals surface area contributed by atoms with Crippen molar-refractivity contribution in [3.63, 3.8) is 0 Å². The van der Waals surface area contributed by atoms with Crippen LogP contribution in [0, 0.1) is 0 Å². The third-order valence-corrected chi connectivity index (χ3v) is 5.67. The van der Waals surface area contributed by atoms with E-state index in [4.69, 9.17) is 18.9 Å². The van der Waals surface area contributed by atoms with Crippen molar-refractivity contribution in [3.8, 4) is 23.0 Å². The number of esters is 2. The van der Waals surface area contributed by atoms with Gasteiger partial charge in [0.2, 0.25) is 5.43 Å². The highest BCUT2D eigenvalue weighted by Crippen LogP contribution is 2.18. The van der Waals surface area contributed by atoms with Crippen molar-refractivity contribution >= 4 is 11.9 Å². The molecule has 38 heavy (non-hydrogen) atoms. The Labute approximate surface area is 223 Å². The average Bonchev–Trinajstić information content (AvgIpc) is 3.10. The third kappa shape index (κ3) is 9.07. The maximum atomic E-state index is 12.6. The van der Waals surface area contributed by atoms with Crippen LogP contribution >= 0.6 is 0 Å². The molecule has 0 heterocycles. The Kier molecular flexibility index (Phi) is 11.4. The molecule has 7 nitrogen and oxygen atoms in total. The molecule has 0 aliphatic rings. The summed E-state index contributed by atoms with van der Waals surface area (Å²) in [7, 11) is 0. The van der Waals surface area contributed by atoms with Gasteiger partial charge in [0.15, 0.2) is 5.75 Å². The molecule has 0 saturated carbocycles. The number of benzene rings is 2. The highest BCUT2D eigenvalue weighted by atomic mass is 16.5. The van der Waals surface area contributed by atoms with Crippen LogP contribution in [0.5, 0.6) is 23.0 Å². The molecule has 3 aromatic carbocycles. The Morgan fingerprint density at radius 1 is 0.553 bits per heavy atom. The van der Waals surface area contributed by atoms with Gasteiger partial charge in [0.05, 0.1) is 24.3 Å². The molecule has 0 unspecified atom stereocenters. The van der Waals surface area contributed by atoms with Gasteiger partial charge in [-0.1, -0.05) is 39.5 Å². The van der Waals surface area contributed by atoms with Crippen LogP contribution in [0.4, 0.5) is 0 Å². The monoisotopic (exact) mass is 518 g/mol. The molecular formula is C31H34O7. The van der Waals surface area contributed by atoms with Gasteiger partial charge >= 0.3 is 11.9 Å². The topological polar surface area (TPSA) is 88.1 Å². The molecule has 200 valence electrons. The van der Waals surface area contributed by atoms with E-state index in [9.17, 15) is 14.4 Å². The minimum atomic E-state index is -0.678. The summed E-state index contributed by atoms with van der Waals surface area (Å²) in [6.45, 7) is 5.48. The molecule has 3 aromatic rings. The largest absolute Gasteiger partial charge is 0.494 e. The Morgan fingerprint density at radius 3 is 1.63 bits per heavy atom. The van der Waals surface area contributed by atoms with Gasteiger partial charge in [-0.15, -0.1) is 0 Å². The van der Waals surface area contributed by atoms with Gasteiger partial charge in [0.1, 0.15) is 17.2 Å². The second kappa shape index (κ2) is 15.2. The van der Waals surface area contributed by atoms with E-state index in [1.165, 1.54) is 30.7 Å². The van der Waals surface area contributed by atoms with Gasteiger partial charge in [-0.25, -0.2) is 9.59 Å². The molecule has 0 aliphatic heterocycles. The molecule has 0 radical (unpaired) electrons. The first kappa shape index (κ1) is 28.4. The molecule has 0 aliphatic carbocycles. The van der Waals surface area contributed by atoms with E-state index < -0.39 is 17.4 Å². The van der Waals surface area contributed by atoms with Crippen molar-refractivity contribution < 1.29 is 28.5 Å². The lowest BCUT2D eigenvalue weighted by Gasteiger charge is -2.07. The molecule has 0 aromatic heterocycles. The Balaban J connectivity index is 1.57. The quantitative estimate of drug-likeness (QED) is 0.175. The first-order chi connectivity index (χ1) is 18.5. The maximum absolute atomic E-state index is 12.6. The van der Waals surface area contributed by atoms with Crippen molar-refractivity contribution in [1.82, 2.24) is 0 Å². The summed E-state index contributed by atoms with van der Waals surface area (Å²) in [6.07, 6.45) is 6.43. The standard InChI is InChI=1S/C31H34O7/c1-3-5-7-8-22-36-26-15-11-24(12-16-26)31(34)38-29-20-18-27(17-19-28(29)32)37-30(33)23-9-13-25(14-10-23)35-21-6-4-2/h9-20H,3-8,21-22H2,1-2H3. The molecule has 7 heteroatoms. The molecule has 0 amide bonds. The summed E-state index contributed by atoms with van der Waals surface area (Å²) in [5, 5.41) is 0. The normalized spacial score (nSPS) is 10.5. The summed E-state index contributed by atoms with van der Waals surface area (Å²) in [6, 6.07) is 18.5. The fourth-order valence-corrected chi connectivity index (χ4v) is 3.44. The number of carbonyl (C=O) groups excluding carboxylic acids is 2. The Morgan fingerprint density at radius 2 is 1.05 bits per heavy atom. The van der Waals surface area contributed by atoms with Crippen LogP contribution in [-0.2, 0) is 0 Å². The highest BCUT2D eigenvalue weighted by Gasteiger charge is 2.13. The number of unbranched alkanes of at least 4 members (excludes halogenated alkanes) is 4. The van der Waals surface area contributed by atoms with Crippen LogP contribution in [0.25, 0.3) is 0 Å². The summed E-state index contributed by atoms with van der Waals surface area (Å²) in [5.74, 6) is 0.0322. The number of carbonyl (C=O) groups is 2. The van der Waals surface area contributed by atoms with Gasteiger partial charge in [-0.3, -0.25) is 4.79 Å². The summed E-state index contributed by atoms with van der Waals surface area (Å²) < 4.78 is 22.0. The fourth-order valence-electron chi connectivity index (χ4n) is 3.44. The van der Waals surface area contributed by atoms with Crippen molar-refractivity contribution in [2.24, 2.45) is 0 Å². The van der Waals surface area contributed by atoms with E-state index in [0.717, 1.165) is 32.1 Å². The van der Waals surface area contributed by atoms with Gasteiger partial charge < -0.3 is 18.9 Å². The van der Waals surface area contributed by atoms with E-state index in [1.807, 2.05) is 0 Å². The highest BCUT2D eigenvalue weighted by molar-refractivity contribution is 5.92. The first-order valence-electron chi connectivity index (χ1n) is 13.0. The molecule has 3 rings (SSSR count). The second-order valence-electron chi connectivity index (χ2n) is 8.74. The van der Waals surface area contributed by atoms with Crippen LogP contribution in [0.15, 0.2) is 77.6 Å². The molecule has 0 fully saturated rings. The predicted molar refractivity (Wildman–Crippen MR) is 146 cm³/mol. The van der Waals surface area contributed by atoms with E-state index in [-0.39, 0.29) is 17.1 Å². The predicted octanol–water partition coefficient (Wildman–Crippen LogP) is 6.62. The van der Waals surface area contributed by atoms with Gasteiger partial charge in [-0.05, 0) is 85.6 Å². The zero-order valence-corrected chi connectivity index (χ0v) is 21.9. The van der Waals surface area contributed by atoms with E-state index >= 15 is 0 Å². The van der Waals surface area contributed by atoms with E-state index in [2.05, 4.69) is 13.8 Å². The zero-order chi connectivity index (χ0) is 27.2. The molecule has 0 bridgehead atoms. The minimum absolute atomic E-state index is 0.137. The van der Waals surface area contributed by atoms with Gasteiger partial charge in [0, 0.05) is 0 Å². The molecule has 0 N–H and O–H groups in total. The average molecular weight is 519 g/mol. The van der Waals surface area contributed by atoms with Crippen LogP contribution in [0.3, 0.4) is 0 Å². The minimum Gasteiger partial charge on any atom is -0.494 e. The number of ether oxygens (including phenoxy) is 4. The molecule has 0 atom stereocenters. The van der Waals surface area contributed by atoms with Gasteiger partial charge in [0.25, 0.3) is 0 Å². The Bertz CT molecular complexity index is 1230. The molecular weight excluding hydrogens is 484 g/mol. The number of hydrogen-bond acceptors (Lipinski definition) is 7. The smallest absolute Gasteiger partial charge is 0.343 e. The van der Waals surface area contributed by atoms with Gasteiger partial charge in [-0.2, -0.15) is 0 Å². The second-order valence-corrected chi connectivity index (χ2v) is 8.74. The van der Waals surface area contributed by atoms with Crippen LogP contribution < -0.4 is 24.4 Å². The molecule has 0 saturated heterocycles. The maximum Gasteiger partial charge on any atom is 0.343 e. The first-order valence-corrected chi connectivity index (χ1v) is 13.0. The van der Waals surface area contributed by atoms with Crippen LogP contribution in [0.2, 0.25) is 0 Å². The lowest BCUT2D eigenvalue weighted by molar-refractivity contribution is 0.0722. The number of rotatable bonds is 14. The molecule has 0 spiro atoms. The third-order valence-electron chi connectivity index (χ3n) is 5.67. The van der Waals surface area contributed by atoms with Crippen molar-refractivity contribution in [2.75, 3.05) is 13.2 Å². The fraction of sp³-hybridized carbons (Fsp3) is 0.323. The lowest BCUT2D eigenvalue weighted by atomic mass is 10.2. The lowest BCUT2D eigenvalue weighted by Crippen LogP contribution is -2.13. The zero-order valence-electron chi connectivity index (χ0n) is 21.9. The van der Waals surface area contributed by atoms with E-state index in [0.29, 0.717) is 30.3 Å².